The van der Waals surface area contributed by atoms with Crippen molar-refractivity contribution in [2.24, 2.45) is 0 Å². The molecule has 2 aliphatic rings. The molecule has 0 aliphatic carbocycles. The zero-order valence-corrected chi connectivity index (χ0v) is 10.5. The Hall–Kier alpha value is -0.610. The minimum Gasteiger partial charge on any atom is -0.395 e. The zero-order chi connectivity index (χ0) is 12.1. The Bertz CT molecular complexity index is 258. The molecule has 2 aliphatic heterocycles. The molecular weight excluding hydrogens is 216 g/mol. The fourth-order valence-corrected chi connectivity index (χ4v) is 3.11. The molecule has 1 amide bonds. The number of nitrogens with zero attached hydrogens (tertiary/aromatic N) is 1. The summed E-state index contributed by atoms with van der Waals surface area (Å²) in [6, 6.07) is 0.612. The molecule has 0 spiro atoms. The number of carbonyl (C=O) groups excluding carboxylic acids is 1. The Morgan fingerprint density at radius 3 is 2.94 bits per heavy atom. The van der Waals surface area contributed by atoms with Crippen molar-refractivity contribution in [3.63, 3.8) is 0 Å². The molecule has 2 N–H and O–H groups in total. The number of aliphatic hydroxyl groups excluding tert-OH is 1. The van der Waals surface area contributed by atoms with Crippen LogP contribution in [0.1, 0.15) is 44.9 Å². The van der Waals surface area contributed by atoms with Gasteiger partial charge in [0.25, 0.3) is 0 Å². The predicted molar refractivity (Wildman–Crippen MR) is 66.7 cm³/mol. The van der Waals surface area contributed by atoms with E-state index in [0.29, 0.717) is 12.5 Å². The van der Waals surface area contributed by atoms with Crippen molar-refractivity contribution in [2.75, 3.05) is 19.7 Å². The topological polar surface area (TPSA) is 52.6 Å². The summed E-state index contributed by atoms with van der Waals surface area (Å²) in [6.07, 6.45) is 7.49. The quantitative estimate of drug-likeness (QED) is 0.754. The van der Waals surface area contributed by atoms with E-state index in [4.69, 9.17) is 0 Å². The second-order valence-corrected chi connectivity index (χ2v) is 5.27. The Morgan fingerprint density at radius 2 is 2.12 bits per heavy atom. The van der Waals surface area contributed by atoms with Gasteiger partial charge in [0.1, 0.15) is 0 Å². The minimum absolute atomic E-state index is 0.174. The van der Waals surface area contributed by atoms with E-state index in [1.54, 1.807) is 0 Å². The number of aliphatic hydroxyl groups is 1. The maximum Gasteiger partial charge on any atom is 0.221 e. The summed E-state index contributed by atoms with van der Waals surface area (Å²) < 4.78 is 0. The molecule has 98 valence electrons. The highest BCUT2D eigenvalue weighted by molar-refractivity contribution is 5.76. The number of rotatable bonds is 2. The zero-order valence-electron chi connectivity index (χ0n) is 10.5. The first kappa shape index (κ1) is 12.8. The van der Waals surface area contributed by atoms with Crippen LogP contribution in [0.2, 0.25) is 0 Å². The predicted octanol–water partition coefficient (Wildman–Crippen LogP) is 0.892. The number of hydrogen-bond donors (Lipinski definition) is 2. The third-order valence-electron chi connectivity index (χ3n) is 4.06. The lowest BCUT2D eigenvalue weighted by Gasteiger charge is -2.35. The van der Waals surface area contributed by atoms with E-state index < -0.39 is 0 Å². The van der Waals surface area contributed by atoms with Gasteiger partial charge in [0.2, 0.25) is 5.91 Å². The maximum absolute atomic E-state index is 11.6. The largest absolute Gasteiger partial charge is 0.395 e. The molecular formula is C13H24N2O2. The van der Waals surface area contributed by atoms with Crippen molar-refractivity contribution in [1.29, 1.82) is 0 Å². The molecule has 0 aromatic carbocycles. The molecule has 2 saturated heterocycles. The van der Waals surface area contributed by atoms with Crippen LogP contribution in [0.15, 0.2) is 0 Å². The molecule has 2 fully saturated rings. The number of hydrogen-bond acceptors (Lipinski definition) is 3. The average Bonchev–Trinajstić information content (AvgIpc) is 2.68. The van der Waals surface area contributed by atoms with Crippen LogP contribution in [0.5, 0.6) is 0 Å². The minimum atomic E-state index is 0.174. The molecule has 0 bridgehead atoms. The van der Waals surface area contributed by atoms with Crippen molar-refractivity contribution < 1.29 is 9.90 Å². The van der Waals surface area contributed by atoms with Gasteiger partial charge in [-0.05, 0) is 32.2 Å². The van der Waals surface area contributed by atoms with Crippen LogP contribution in [0.3, 0.4) is 0 Å². The molecule has 4 heteroatoms. The first-order valence-electron chi connectivity index (χ1n) is 6.94. The summed E-state index contributed by atoms with van der Waals surface area (Å²) in [5.74, 6) is 0.174. The van der Waals surface area contributed by atoms with E-state index in [1.807, 2.05) is 0 Å². The first-order valence-corrected chi connectivity index (χ1v) is 6.94. The summed E-state index contributed by atoms with van der Waals surface area (Å²) in [5, 5.41) is 12.4. The van der Waals surface area contributed by atoms with Gasteiger partial charge in [0.05, 0.1) is 6.61 Å². The van der Waals surface area contributed by atoms with Crippen molar-refractivity contribution >= 4 is 5.91 Å². The highest BCUT2D eigenvalue weighted by Gasteiger charge is 2.29. The van der Waals surface area contributed by atoms with Gasteiger partial charge >= 0.3 is 0 Å². The van der Waals surface area contributed by atoms with Gasteiger partial charge in [-0.2, -0.15) is 0 Å². The Kier molecular flexibility index (Phi) is 4.80. The van der Waals surface area contributed by atoms with Crippen LogP contribution in [0, 0.1) is 0 Å². The summed E-state index contributed by atoms with van der Waals surface area (Å²) >= 11 is 0. The molecule has 2 rings (SSSR count). The van der Waals surface area contributed by atoms with Gasteiger partial charge in [0, 0.05) is 25.0 Å². The monoisotopic (exact) mass is 240 g/mol. The number of likely N-dealkylation sites (tertiary alicyclic amines) is 1. The summed E-state index contributed by atoms with van der Waals surface area (Å²) in [6.45, 7) is 2.09. The van der Waals surface area contributed by atoms with Crippen LogP contribution in [-0.2, 0) is 4.79 Å². The molecule has 2 heterocycles. The van der Waals surface area contributed by atoms with Crippen LogP contribution in [0.4, 0.5) is 0 Å². The van der Waals surface area contributed by atoms with E-state index in [9.17, 15) is 9.90 Å². The molecule has 0 aromatic rings. The summed E-state index contributed by atoms with van der Waals surface area (Å²) in [5.41, 5.74) is 0. The fourth-order valence-electron chi connectivity index (χ4n) is 3.11. The first-order chi connectivity index (χ1) is 8.31. The lowest BCUT2D eigenvalue weighted by Crippen LogP contribution is -2.45. The molecule has 17 heavy (non-hydrogen) atoms. The van der Waals surface area contributed by atoms with E-state index >= 15 is 0 Å². The SMILES string of the molecule is O=C1CC(N2CCCCCC2CO)CCCN1. The number of amides is 1. The molecule has 4 nitrogen and oxygen atoms in total. The van der Waals surface area contributed by atoms with Crippen LogP contribution in [0.25, 0.3) is 0 Å². The molecule has 2 unspecified atom stereocenters. The average molecular weight is 240 g/mol. The standard InChI is InChI=1S/C13H24N2O2/c16-10-12-5-2-1-3-8-15(12)11-6-4-7-14-13(17)9-11/h11-12,16H,1-10H2,(H,14,17). The van der Waals surface area contributed by atoms with Crippen molar-refractivity contribution in [1.82, 2.24) is 10.2 Å². The van der Waals surface area contributed by atoms with E-state index in [1.165, 1.54) is 19.3 Å². The van der Waals surface area contributed by atoms with E-state index in [0.717, 1.165) is 32.4 Å². The van der Waals surface area contributed by atoms with Gasteiger partial charge in [-0.1, -0.05) is 12.8 Å². The van der Waals surface area contributed by atoms with E-state index in [-0.39, 0.29) is 18.6 Å². The van der Waals surface area contributed by atoms with E-state index in [2.05, 4.69) is 10.2 Å². The summed E-state index contributed by atoms with van der Waals surface area (Å²) in [4.78, 5) is 14.0. The second kappa shape index (κ2) is 6.36. The van der Waals surface area contributed by atoms with Gasteiger partial charge in [-0.25, -0.2) is 0 Å². The third-order valence-corrected chi connectivity index (χ3v) is 4.06. The highest BCUT2D eigenvalue weighted by Crippen LogP contribution is 2.23. The van der Waals surface area contributed by atoms with Crippen molar-refractivity contribution in [2.45, 2.75) is 57.0 Å². The fraction of sp³-hybridized carbons (Fsp3) is 0.923. The lowest BCUT2D eigenvalue weighted by molar-refractivity contribution is -0.122. The second-order valence-electron chi connectivity index (χ2n) is 5.27. The third kappa shape index (κ3) is 3.42. The molecule has 0 radical (unpaired) electrons. The van der Waals surface area contributed by atoms with Crippen molar-refractivity contribution in [3.05, 3.63) is 0 Å². The Morgan fingerprint density at radius 1 is 1.24 bits per heavy atom. The number of carbonyl (C=O) groups is 1. The molecule has 2 atom stereocenters. The van der Waals surface area contributed by atoms with Gasteiger partial charge in [-0.3, -0.25) is 9.69 Å². The number of nitrogens with one attached hydrogen (secondary N) is 1. The smallest absolute Gasteiger partial charge is 0.221 e. The lowest BCUT2D eigenvalue weighted by atomic mass is 10.0. The Labute approximate surface area is 103 Å². The van der Waals surface area contributed by atoms with Crippen LogP contribution >= 0.6 is 0 Å². The Balaban J connectivity index is 2.02. The highest BCUT2D eigenvalue weighted by atomic mass is 16.3. The van der Waals surface area contributed by atoms with Gasteiger partial charge in [0.15, 0.2) is 0 Å². The van der Waals surface area contributed by atoms with Crippen LogP contribution in [-0.4, -0.2) is 47.7 Å². The van der Waals surface area contributed by atoms with Gasteiger partial charge in [-0.15, -0.1) is 0 Å². The maximum atomic E-state index is 11.6. The molecule has 0 saturated carbocycles. The normalized spacial score (nSPS) is 32.6. The summed E-state index contributed by atoms with van der Waals surface area (Å²) in [7, 11) is 0. The molecule has 0 aromatic heterocycles. The van der Waals surface area contributed by atoms with Crippen LogP contribution < -0.4 is 5.32 Å². The van der Waals surface area contributed by atoms with Gasteiger partial charge < -0.3 is 10.4 Å². The van der Waals surface area contributed by atoms with Crippen molar-refractivity contribution in [3.8, 4) is 0 Å².